The Morgan fingerprint density at radius 2 is 2.33 bits per heavy atom. The summed E-state index contributed by atoms with van der Waals surface area (Å²) in [6, 6.07) is 3.36. The first-order chi connectivity index (χ1) is 7.09. The van der Waals surface area contributed by atoms with E-state index in [1.165, 1.54) is 6.20 Å². The van der Waals surface area contributed by atoms with Gasteiger partial charge in [0.05, 0.1) is 11.9 Å². The monoisotopic (exact) mass is 228 g/mol. The standard InChI is InChI=1S/C10H16N2O2S/c1-8(15(2)14)5-11-6-9-3-4-10(13)7-12-9/h3-4,7-8,11,13H,5-6H2,1-2H3. The van der Waals surface area contributed by atoms with Crippen LogP contribution in [0.2, 0.25) is 0 Å². The van der Waals surface area contributed by atoms with E-state index in [2.05, 4.69) is 10.3 Å². The summed E-state index contributed by atoms with van der Waals surface area (Å²) < 4.78 is 11.1. The van der Waals surface area contributed by atoms with Crippen LogP contribution < -0.4 is 5.32 Å². The Bertz CT molecular complexity index is 327. The summed E-state index contributed by atoms with van der Waals surface area (Å²) in [5.41, 5.74) is 0.863. The Kier molecular flexibility index (Phi) is 4.71. The van der Waals surface area contributed by atoms with Crippen LogP contribution in [0.5, 0.6) is 5.75 Å². The van der Waals surface area contributed by atoms with Crippen LogP contribution in [0.25, 0.3) is 0 Å². The summed E-state index contributed by atoms with van der Waals surface area (Å²) in [4.78, 5) is 4.03. The number of aromatic hydroxyl groups is 1. The van der Waals surface area contributed by atoms with E-state index < -0.39 is 10.8 Å². The van der Waals surface area contributed by atoms with Gasteiger partial charge in [0, 0.05) is 35.4 Å². The molecule has 0 spiro atoms. The summed E-state index contributed by atoms with van der Waals surface area (Å²) in [5, 5.41) is 12.3. The molecular weight excluding hydrogens is 212 g/mol. The molecule has 0 radical (unpaired) electrons. The highest BCUT2D eigenvalue weighted by molar-refractivity contribution is 7.84. The van der Waals surface area contributed by atoms with E-state index in [0.29, 0.717) is 13.1 Å². The third-order valence-corrected chi connectivity index (χ3v) is 3.41. The van der Waals surface area contributed by atoms with Gasteiger partial charge < -0.3 is 10.4 Å². The number of aromatic nitrogens is 1. The van der Waals surface area contributed by atoms with Gasteiger partial charge in [-0.25, -0.2) is 0 Å². The van der Waals surface area contributed by atoms with Crippen LogP contribution in [0.3, 0.4) is 0 Å². The highest BCUT2D eigenvalue weighted by Crippen LogP contribution is 2.05. The molecule has 0 aromatic carbocycles. The second-order valence-corrected chi connectivity index (χ2v) is 5.25. The Morgan fingerprint density at radius 1 is 1.60 bits per heavy atom. The van der Waals surface area contributed by atoms with Gasteiger partial charge in [-0.15, -0.1) is 0 Å². The maximum Gasteiger partial charge on any atom is 0.133 e. The Hall–Kier alpha value is -0.940. The van der Waals surface area contributed by atoms with Crippen molar-refractivity contribution >= 4 is 10.8 Å². The molecular formula is C10H16N2O2S. The summed E-state index contributed by atoms with van der Waals surface area (Å²) in [7, 11) is -0.795. The van der Waals surface area contributed by atoms with Crippen LogP contribution in [0, 0.1) is 0 Å². The number of rotatable bonds is 5. The molecule has 0 amide bonds. The van der Waals surface area contributed by atoms with Crippen molar-refractivity contribution in [2.24, 2.45) is 0 Å². The van der Waals surface area contributed by atoms with Crippen molar-refractivity contribution in [2.45, 2.75) is 18.7 Å². The highest BCUT2D eigenvalue weighted by Gasteiger charge is 2.04. The average Bonchev–Trinajstić information content (AvgIpc) is 2.20. The van der Waals surface area contributed by atoms with Gasteiger partial charge in [-0.05, 0) is 19.1 Å². The van der Waals surface area contributed by atoms with Crippen LogP contribution in [0.15, 0.2) is 18.3 Å². The van der Waals surface area contributed by atoms with Crippen molar-refractivity contribution in [1.29, 1.82) is 0 Å². The van der Waals surface area contributed by atoms with E-state index in [4.69, 9.17) is 5.11 Å². The molecule has 1 heterocycles. The summed E-state index contributed by atoms with van der Waals surface area (Å²) in [6.45, 7) is 3.26. The minimum atomic E-state index is -0.795. The van der Waals surface area contributed by atoms with Crippen molar-refractivity contribution in [2.75, 3.05) is 12.8 Å². The molecule has 1 rings (SSSR count). The molecule has 1 aromatic rings. The minimum Gasteiger partial charge on any atom is -0.506 e. The SMILES string of the molecule is CC(CNCc1ccc(O)cn1)S(C)=O. The second-order valence-electron chi connectivity index (χ2n) is 3.45. The van der Waals surface area contributed by atoms with Crippen LogP contribution >= 0.6 is 0 Å². The largest absolute Gasteiger partial charge is 0.506 e. The molecule has 1 aromatic heterocycles. The zero-order chi connectivity index (χ0) is 11.3. The summed E-state index contributed by atoms with van der Waals surface area (Å²) in [5.74, 6) is 0.168. The molecule has 5 heteroatoms. The molecule has 0 bridgehead atoms. The molecule has 0 aliphatic heterocycles. The molecule has 4 nitrogen and oxygen atoms in total. The van der Waals surface area contributed by atoms with E-state index in [1.807, 2.05) is 6.92 Å². The Morgan fingerprint density at radius 3 is 2.87 bits per heavy atom. The van der Waals surface area contributed by atoms with Gasteiger partial charge in [-0.1, -0.05) is 0 Å². The number of hydrogen-bond donors (Lipinski definition) is 2. The van der Waals surface area contributed by atoms with E-state index >= 15 is 0 Å². The van der Waals surface area contributed by atoms with E-state index in [-0.39, 0.29) is 11.0 Å². The smallest absolute Gasteiger partial charge is 0.133 e. The Labute approximate surface area is 92.2 Å². The highest BCUT2D eigenvalue weighted by atomic mass is 32.2. The van der Waals surface area contributed by atoms with Gasteiger partial charge in [-0.2, -0.15) is 0 Å². The van der Waals surface area contributed by atoms with Gasteiger partial charge >= 0.3 is 0 Å². The van der Waals surface area contributed by atoms with Crippen LogP contribution in [-0.4, -0.2) is 32.3 Å². The number of nitrogens with one attached hydrogen (secondary N) is 1. The lowest BCUT2D eigenvalue weighted by Gasteiger charge is -2.09. The van der Waals surface area contributed by atoms with Crippen molar-refractivity contribution in [3.05, 3.63) is 24.0 Å². The molecule has 2 N–H and O–H groups in total. The topological polar surface area (TPSA) is 62.2 Å². The van der Waals surface area contributed by atoms with Gasteiger partial charge in [0.2, 0.25) is 0 Å². The lowest BCUT2D eigenvalue weighted by atomic mass is 10.3. The zero-order valence-electron chi connectivity index (χ0n) is 8.93. The zero-order valence-corrected chi connectivity index (χ0v) is 9.75. The quantitative estimate of drug-likeness (QED) is 0.776. The fraction of sp³-hybridized carbons (Fsp3) is 0.500. The molecule has 2 unspecified atom stereocenters. The summed E-state index contributed by atoms with van der Waals surface area (Å²) in [6.07, 6.45) is 3.11. The van der Waals surface area contributed by atoms with Gasteiger partial charge in [-0.3, -0.25) is 9.19 Å². The van der Waals surface area contributed by atoms with Gasteiger partial charge in [0.1, 0.15) is 5.75 Å². The van der Waals surface area contributed by atoms with E-state index in [0.717, 1.165) is 5.69 Å². The summed E-state index contributed by atoms with van der Waals surface area (Å²) >= 11 is 0. The van der Waals surface area contributed by atoms with E-state index in [9.17, 15) is 4.21 Å². The predicted octanol–water partition coefficient (Wildman–Crippen LogP) is 0.644. The maximum absolute atomic E-state index is 11.1. The predicted molar refractivity (Wildman–Crippen MR) is 61.1 cm³/mol. The van der Waals surface area contributed by atoms with Crippen molar-refractivity contribution in [3.63, 3.8) is 0 Å². The first kappa shape index (κ1) is 12.1. The molecule has 84 valence electrons. The molecule has 0 saturated carbocycles. The molecule has 15 heavy (non-hydrogen) atoms. The lowest BCUT2D eigenvalue weighted by Crippen LogP contribution is -2.27. The average molecular weight is 228 g/mol. The van der Waals surface area contributed by atoms with Gasteiger partial charge in [0.15, 0.2) is 0 Å². The van der Waals surface area contributed by atoms with Crippen molar-refractivity contribution < 1.29 is 9.32 Å². The number of hydrogen-bond acceptors (Lipinski definition) is 4. The molecule has 0 aliphatic rings. The first-order valence-electron chi connectivity index (χ1n) is 4.76. The van der Waals surface area contributed by atoms with Crippen LogP contribution in [-0.2, 0) is 17.3 Å². The number of nitrogens with zero attached hydrogens (tertiary/aromatic N) is 1. The minimum absolute atomic E-state index is 0.141. The van der Waals surface area contributed by atoms with Gasteiger partial charge in [0.25, 0.3) is 0 Å². The van der Waals surface area contributed by atoms with Crippen LogP contribution in [0.1, 0.15) is 12.6 Å². The van der Waals surface area contributed by atoms with E-state index in [1.54, 1.807) is 18.4 Å². The maximum atomic E-state index is 11.1. The fourth-order valence-electron chi connectivity index (χ4n) is 1.04. The molecule has 0 saturated heterocycles. The normalized spacial score (nSPS) is 14.8. The fourth-order valence-corrected chi connectivity index (χ4v) is 1.39. The van der Waals surface area contributed by atoms with Crippen molar-refractivity contribution in [1.82, 2.24) is 10.3 Å². The molecule has 0 fully saturated rings. The third kappa shape index (κ3) is 4.40. The Balaban J connectivity index is 2.32. The van der Waals surface area contributed by atoms with Crippen molar-refractivity contribution in [3.8, 4) is 5.75 Å². The molecule has 2 atom stereocenters. The third-order valence-electron chi connectivity index (χ3n) is 2.11. The number of pyridine rings is 1. The lowest BCUT2D eigenvalue weighted by molar-refractivity contribution is 0.471. The molecule has 0 aliphatic carbocycles. The first-order valence-corrected chi connectivity index (χ1v) is 6.38. The second kappa shape index (κ2) is 5.82. The van der Waals surface area contributed by atoms with Crippen LogP contribution in [0.4, 0.5) is 0 Å².